The fraction of sp³-hybridized carbons (Fsp3) is 0.333. The number of methoxy groups -OCH3 is 1. The molecule has 1 aromatic carbocycles. The molecule has 144 valence electrons. The summed E-state index contributed by atoms with van der Waals surface area (Å²) in [5, 5.41) is 6.14. The van der Waals surface area contributed by atoms with Crippen LogP contribution in [0.2, 0.25) is 10.0 Å². The van der Waals surface area contributed by atoms with Crippen LogP contribution in [0.25, 0.3) is 0 Å². The Hall–Kier alpha value is -1.80. The van der Waals surface area contributed by atoms with Crippen molar-refractivity contribution >= 4 is 57.1 Å². The lowest BCUT2D eigenvalue weighted by Crippen LogP contribution is -2.48. The minimum Gasteiger partial charge on any atom is -0.465 e. The van der Waals surface area contributed by atoms with Gasteiger partial charge in [0.05, 0.1) is 29.3 Å². The van der Waals surface area contributed by atoms with Gasteiger partial charge in [-0.05, 0) is 29.6 Å². The minimum atomic E-state index is -0.457. The van der Waals surface area contributed by atoms with Crippen molar-refractivity contribution in [1.29, 1.82) is 0 Å². The van der Waals surface area contributed by atoms with E-state index in [1.165, 1.54) is 18.4 Å². The Balaban J connectivity index is 1.52. The van der Waals surface area contributed by atoms with Crippen LogP contribution in [0.15, 0.2) is 29.6 Å². The van der Waals surface area contributed by atoms with Crippen molar-refractivity contribution in [3.05, 3.63) is 45.3 Å². The largest absolute Gasteiger partial charge is 0.465 e. The molecule has 0 spiro atoms. The summed E-state index contributed by atoms with van der Waals surface area (Å²) < 4.78 is 4.72. The van der Waals surface area contributed by atoms with Crippen molar-refractivity contribution < 1.29 is 14.3 Å². The first-order valence-corrected chi connectivity index (χ1v) is 9.99. The molecule has 0 unspecified atom stereocenters. The topological polar surface area (TPSA) is 61.9 Å². The Morgan fingerprint density at radius 1 is 1.15 bits per heavy atom. The summed E-state index contributed by atoms with van der Waals surface area (Å²) in [6, 6.07) is 7.24. The van der Waals surface area contributed by atoms with Gasteiger partial charge in [0.1, 0.15) is 5.00 Å². The zero-order valence-corrected chi connectivity index (χ0v) is 17.0. The molecule has 0 atom stereocenters. The maximum atomic E-state index is 12.3. The highest BCUT2D eigenvalue weighted by atomic mass is 35.5. The standard InChI is InChI=1S/C18H19Cl2N3O3S/c1-26-18(25)13-4-9-27-17(13)21-16(24)11-22-5-7-23(8-6-22)12-2-3-14(19)15(20)10-12/h2-4,9-10H,5-8,11H2,1H3,(H,21,24). The highest BCUT2D eigenvalue weighted by Crippen LogP contribution is 2.28. The lowest BCUT2D eigenvalue weighted by Gasteiger charge is -2.35. The van der Waals surface area contributed by atoms with Crippen LogP contribution in [0.5, 0.6) is 0 Å². The fourth-order valence-corrected chi connectivity index (χ4v) is 3.98. The van der Waals surface area contributed by atoms with Crippen LogP contribution in [-0.4, -0.2) is 56.6 Å². The lowest BCUT2D eigenvalue weighted by atomic mass is 10.2. The summed E-state index contributed by atoms with van der Waals surface area (Å²) in [7, 11) is 1.32. The molecule has 6 nitrogen and oxygen atoms in total. The fourth-order valence-electron chi connectivity index (χ4n) is 2.89. The number of nitrogens with zero attached hydrogens (tertiary/aromatic N) is 2. The van der Waals surface area contributed by atoms with Crippen molar-refractivity contribution in [1.82, 2.24) is 4.90 Å². The molecule has 0 radical (unpaired) electrons. The number of piperazine rings is 1. The number of carbonyl (C=O) groups excluding carboxylic acids is 2. The number of hydrogen-bond donors (Lipinski definition) is 1. The van der Waals surface area contributed by atoms with Crippen LogP contribution in [-0.2, 0) is 9.53 Å². The van der Waals surface area contributed by atoms with Crippen LogP contribution in [0.3, 0.4) is 0 Å². The van der Waals surface area contributed by atoms with Crippen molar-refractivity contribution in [3.8, 4) is 0 Å². The van der Waals surface area contributed by atoms with Gasteiger partial charge in [0.25, 0.3) is 0 Å². The second-order valence-electron chi connectivity index (χ2n) is 6.06. The van der Waals surface area contributed by atoms with E-state index in [0.717, 1.165) is 31.9 Å². The molecule has 1 saturated heterocycles. The van der Waals surface area contributed by atoms with Gasteiger partial charge in [-0.2, -0.15) is 0 Å². The van der Waals surface area contributed by atoms with Crippen LogP contribution in [0, 0.1) is 0 Å². The predicted molar refractivity (Wildman–Crippen MR) is 109 cm³/mol. The molecule has 1 N–H and O–H groups in total. The van der Waals surface area contributed by atoms with Gasteiger partial charge in [-0.25, -0.2) is 4.79 Å². The predicted octanol–water partition coefficient (Wildman–Crippen LogP) is 3.60. The van der Waals surface area contributed by atoms with E-state index in [2.05, 4.69) is 15.1 Å². The Morgan fingerprint density at radius 3 is 2.56 bits per heavy atom. The second kappa shape index (κ2) is 8.93. The van der Waals surface area contributed by atoms with Gasteiger partial charge in [0.15, 0.2) is 0 Å². The monoisotopic (exact) mass is 427 g/mol. The number of anilines is 2. The van der Waals surface area contributed by atoms with Crippen LogP contribution >= 0.6 is 34.5 Å². The summed E-state index contributed by atoms with van der Waals surface area (Å²) in [4.78, 5) is 28.3. The molecule has 1 aliphatic heterocycles. The van der Waals surface area contributed by atoms with Gasteiger partial charge in [-0.1, -0.05) is 23.2 Å². The smallest absolute Gasteiger partial charge is 0.340 e. The molecule has 9 heteroatoms. The van der Waals surface area contributed by atoms with Gasteiger partial charge >= 0.3 is 5.97 Å². The Bertz CT molecular complexity index is 835. The van der Waals surface area contributed by atoms with Gasteiger partial charge in [-0.15, -0.1) is 11.3 Å². The molecule has 0 saturated carbocycles. The number of halogens is 2. The molecule has 0 aliphatic carbocycles. The van der Waals surface area contributed by atoms with Crippen LogP contribution in [0.4, 0.5) is 10.7 Å². The first-order valence-electron chi connectivity index (χ1n) is 8.36. The van der Waals surface area contributed by atoms with E-state index in [9.17, 15) is 9.59 Å². The van der Waals surface area contributed by atoms with Gasteiger partial charge in [0, 0.05) is 31.9 Å². The first kappa shape index (κ1) is 19.9. The molecule has 2 aromatic rings. The highest BCUT2D eigenvalue weighted by molar-refractivity contribution is 7.14. The van der Waals surface area contributed by atoms with E-state index in [1.54, 1.807) is 17.5 Å². The lowest BCUT2D eigenvalue weighted by molar-refractivity contribution is -0.117. The molecule has 1 fully saturated rings. The van der Waals surface area contributed by atoms with E-state index < -0.39 is 5.97 Å². The maximum Gasteiger partial charge on any atom is 0.340 e. The van der Waals surface area contributed by atoms with Crippen LogP contribution < -0.4 is 10.2 Å². The minimum absolute atomic E-state index is 0.148. The third-order valence-electron chi connectivity index (χ3n) is 4.33. The number of nitrogens with one attached hydrogen (secondary N) is 1. The van der Waals surface area contributed by atoms with Crippen molar-refractivity contribution in [2.45, 2.75) is 0 Å². The third kappa shape index (κ3) is 4.93. The summed E-state index contributed by atoms with van der Waals surface area (Å²) in [6.07, 6.45) is 0. The molecule has 27 heavy (non-hydrogen) atoms. The summed E-state index contributed by atoms with van der Waals surface area (Å²) in [5.74, 6) is -0.604. The average Bonchev–Trinajstić information content (AvgIpc) is 3.12. The Morgan fingerprint density at radius 2 is 1.89 bits per heavy atom. The highest BCUT2D eigenvalue weighted by Gasteiger charge is 2.21. The maximum absolute atomic E-state index is 12.3. The number of ether oxygens (including phenoxy) is 1. The van der Waals surface area contributed by atoms with E-state index in [4.69, 9.17) is 27.9 Å². The van der Waals surface area contributed by atoms with Gasteiger partial charge < -0.3 is 15.0 Å². The molecule has 0 bridgehead atoms. The number of rotatable bonds is 5. The number of thiophene rings is 1. The number of carbonyl (C=O) groups is 2. The number of benzene rings is 1. The Labute approximate surface area is 171 Å². The molecular formula is C18H19Cl2N3O3S. The second-order valence-corrected chi connectivity index (χ2v) is 7.80. The average molecular weight is 428 g/mol. The zero-order chi connectivity index (χ0) is 19.4. The molecule has 1 amide bonds. The number of esters is 1. The van der Waals surface area contributed by atoms with E-state index in [0.29, 0.717) is 20.6 Å². The molecule has 1 aliphatic rings. The quantitative estimate of drug-likeness (QED) is 0.738. The summed E-state index contributed by atoms with van der Waals surface area (Å²) in [6.45, 7) is 3.35. The van der Waals surface area contributed by atoms with E-state index in [1.807, 2.05) is 12.1 Å². The van der Waals surface area contributed by atoms with Crippen molar-refractivity contribution in [3.63, 3.8) is 0 Å². The number of amides is 1. The molecule has 3 rings (SSSR count). The summed E-state index contributed by atoms with van der Waals surface area (Å²) in [5.41, 5.74) is 1.40. The van der Waals surface area contributed by atoms with Crippen molar-refractivity contribution in [2.24, 2.45) is 0 Å². The van der Waals surface area contributed by atoms with Crippen molar-refractivity contribution in [2.75, 3.05) is 50.1 Å². The SMILES string of the molecule is COC(=O)c1ccsc1NC(=O)CN1CCN(c2ccc(Cl)c(Cl)c2)CC1. The van der Waals surface area contributed by atoms with E-state index in [-0.39, 0.29) is 12.5 Å². The normalized spacial score (nSPS) is 14.9. The van der Waals surface area contributed by atoms with Gasteiger partial charge in [0.2, 0.25) is 5.91 Å². The summed E-state index contributed by atoms with van der Waals surface area (Å²) >= 11 is 13.4. The number of hydrogen-bond acceptors (Lipinski definition) is 6. The van der Waals surface area contributed by atoms with E-state index >= 15 is 0 Å². The third-order valence-corrected chi connectivity index (χ3v) is 5.90. The Kier molecular flexibility index (Phi) is 6.59. The molecule has 2 heterocycles. The molecular weight excluding hydrogens is 409 g/mol. The molecule has 1 aromatic heterocycles. The zero-order valence-electron chi connectivity index (χ0n) is 14.7. The first-order chi connectivity index (χ1) is 13.0. The van der Waals surface area contributed by atoms with Gasteiger partial charge in [-0.3, -0.25) is 9.69 Å². The van der Waals surface area contributed by atoms with Crippen LogP contribution in [0.1, 0.15) is 10.4 Å².